The number of ketones is 1. The fraction of sp³-hybridized carbons (Fsp3) is 0.179. The molecule has 4 heteroatoms. The predicted molar refractivity (Wildman–Crippen MR) is 130 cm³/mol. The molecule has 32 heavy (non-hydrogen) atoms. The van der Waals surface area contributed by atoms with Crippen molar-refractivity contribution < 1.29 is 4.79 Å². The number of carbonyl (C=O) groups excluding carboxylic acids is 1. The molecule has 2 heterocycles. The van der Waals surface area contributed by atoms with E-state index in [9.17, 15) is 4.79 Å². The molecular weight excluding hydrogens is 394 g/mol. The highest BCUT2D eigenvalue weighted by molar-refractivity contribution is 6.11. The first kappa shape index (κ1) is 20.1. The lowest BCUT2D eigenvalue weighted by Gasteiger charge is -2.33. The van der Waals surface area contributed by atoms with Crippen LogP contribution < -0.4 is 10.2 Å². The van der Waals surface area contributed by atoms with Gasteiger partial charge in [-0.05, 0) is 29.3 Å². The maximum atomic E-state index is 13.8. The molecule has 1 atom stereocenters. The first-order valence-electron chi connectivity index (χ1n) is 11.0. The number of nitrogens with one attached hydrogen (secondary N) is 1. The number of nitrogens with zero attached hydrogens (tertiary/aromatic N) is 2. The summed E-state index contributed by atoms with van der Waals surface area (Å²) in [4.78, 5) is 18.1. The molecule has 3 aromatic rings. The molecule has 0 amide bonds. The van der Waals surface area contributed by atoms with Gasteiger partial charge in [0.25, 0.3) is 0 Å². The Labute approximate surface area is 189 Å². The molecular formula is C28H27N3O. The second-order valence-electron chi connectivity index (χ2n) is 8.42. The van der Waals surface area contributed by atoms with E-state index in [-0.39, 0.29) is 11.7 Å². The van der Waals surface area contributed by atoms with E-state index in [0.29, 0.717) is 0 Å². The molecule has 3 aromatic carbocycles. The molecule has 1 unspecified atom stereocenters. The summed E-state index contributed by atoms with van der Waals surface area (Å²) in [7, 11) is 4.07. The van der Waals surface area contributed by atoms with Crippen LogP contribution in [0.15, 0.2) is 102 Å². The maximum absolute atomic E-state index is 13.8. The summed E-state index contributed by atoms with van der Waals surface area (Å²) in [5.74, 6) is 0.873. The summed E-state index contributed by atoms with van der Waals surface area (Å²) in [6.07, 6.45) is 2.26. The Morgan fingerprint density at radius 1 is 0.906 bits per heavy atom. The zero-order chi connectivity index (χ0) is 22.1. The monoisotopic (exact) mass is 421 g/mol. The molecule has 5 rings (SSSR count). The fourth-order valence-electron chi connectivity index (χ4n) is 4.55. The van der Waals surface area contributed by atoms with Gasteiger partial charge in [0.2, 0.25) is 0 Å². The minimum Gasteiger partial charge on any atom is -0.378 e. The van der Waals surface area contributed by atoms with Gasteiger partial charge in [-0.1, -0.05) is 72.8 Å². The second-order valence-corrected chi connectivity index (χ2v) is 8.42. The van der Waals surface area contributed by atoms with Crippen molar-refractivity contribution >= 4 is 17.2 Å². The first-order valence-corrected chi connectivity index (χ1v) is 11.0. The molecule has 1 N–H and O–H groups in total. The van der Waals surface area contributed by atoms with Gasteiger partial charge in [-0.3, -0.25) is 4.79 Å². The van der Waals surface area contributed by atoms with Crippen molar-refractivity contribution in [1.82, 2.24) is 10.2 Å². The summed E-state index contributed by atoms with van der Waals surface area (Å²) in [6, 6.07) is 28.6. The van der Waals surface area contributed by atoms with Crippen LogP contribution in [0, 0.1) is 0 Å². The van der Waals surface area contributed by atoms with Crippen LogP contribution in [0.25, 0.3) is 5.70 Å². The van der Waals surface area contributed by atoms with Crippen LogP contribution in [-0.4, -0.2) is 37.9 Å². The highest BCUT2D eigenvalue weighted by Gasteiger charge is 2.36. The number of hydrogen-bond donors (Lipinski definition) is 1. The zero-order valence-corrected chi connectivity index (χ0v) is 18.5. The minimum absolute atomic E-state index is 0.0741. The SMILES string of the molecule is CN(C)c1ccc(C2C=C(c3ccccc3)N3CCNC3=C2C(=O)c2ccccc2)cc1. The molecule has 2 aliphatic rings. The highest BCUT2D eigenvalue weighted by atomic mass is 16.1. The molecule has 0 radical (unpaired) electrons. The van der Waals surface area contributed by atoms with Crippen molar-refractivity contribution in [1.29, 1.82) is 0 Å². The van der Waals surface area contributed by atoms with Crippen molar-refractivity contribution in [2.75, 3.05) is 32.1 Å². The Bertz CT molecular complexity index is 1180. The van der Waals surface area contributed by atoms with Crippen LogP contribution in [0.2, 0.25) is 0 Å². The number of allylic oxidation sites excluding steroid dienone is 2. The summed E-state index contributed by atoms with van der Waals surface area (Å²) in [6.45, 7) is 1.66. The third-order valence-electron chi connectivity index (χ3n) is 6.20. The zero-order valence-electron chi connectivity index (χ0n) is 18.5. The summed E-state index contributed by atoms with van der Waals surface area (Å²) in [5.41, 5.74) is 6.10. The molecule has 0 aliphatic carbocycles. The second kappa shape index (κ2) is 8.39. The van der Waals surface area contributed by atoms with Gasteiger partial charge in [-0.15, -0.1) is 0 Å². The molecule has 0 saturated carbocycles. The topological polar surface area (TPSA) is 35.6 Å². The van der Waals surface area contributed by atoms with E-state index in [2.05, 4.69) is 69.7 Å². The number of fused-ring (bicyclic) bond motifs is 1. The molecule has 2 aliphatic heterocycles. The minimum atomic E-state index is -0.133. The lowest BCUT2D eigenvalue weighted by Crippen LogP contribution is -2.30. The Hall–Kier alpha value is -3.79. The third-order valence-corrected chi connectivity index (χ3v) is 6.20. The van der Waals surface area contributed by atoms with Gasteiger partial charge in [0.15, 0.2) is 5.78 Å². The Morgan fingerprint density at radius 2 is 1.56 bits per heavy atom. The Kier molecular flexibility index (Phi) is 5.28. The lowest BCUT2D eigenvalue weighted by molar-refractivity contribution is 0.102. The van der Waals surface area contributed by atoms with Crippen LogP contribution in [0.3, 0.4) is 0 Å². The fourth-order valence-corrected chi connectivity index (χ4v) is 4.55. The van der Waals surface area contributed by atoms with E-state index in [1.165, 1.54) is 0 Å². The molecule has 4 nitrogen and oxygen atoms in total. The van der Waals surface area contributed by atoms with Crippen LogP contribution in [0.5, 0.6) is 0 Å². The van der Waals surface area contributed by atoms with Gasteiger partial charge < -0.3 is 15.1 Å². The Morgan fingerprint density at radius 3 is 2.22 bits per heavy atom. The smallest absolute Gasteiger partial charge is 0.193 e. The summed E-state index contributed by atoms with van der Waals surface area (Å²) < 4.78 is 0. The molecule has 0 spiro atoms. The van der Waals surface area contributed by atoms with Crippen LogP contribution in [0.4, 0.5) is 5.69 Å². The van der Waals surface area contributed by atoms with Gasteiger partial charge >= 0.3 is 0 Å². The number of anilines is 1. The average molecular weight is 422 g/mol. The van der Waals surface area contributed by atoms with E-state index in [1.807, 2.05) is 50.5 Å². The van der Waals surface area contributed by atoms with Gasteiger partial charge in [0.05, 0.1) is 5.57 Å². The Balaban J connectivity index is 1.67. The molecule has 160 valence electrons. The number of carbonyl (C=O) groups is 1. The van der Waals surface area contributed by atoms with Crippen molar-refractivity contribution in [2.45, 2.75) is 5.92 Å². The highest BCUT2D eigenvalue weighted by Crippen LogP contribution is 2.41. The predicted octanol–water partition coefficient (Wildman–Crippen LogP) is 4.89. The van der Waals surface area contributed by atoms with Crippen molar-refractivity contribution in [3.05, 3.63) is 119 Å². The van der Waals surface area contributed by atoms with Crippen molar-refractivity contribution in [3.8, 4) is 0 Å². The average Bonchev–Trinajstić information content (AvgIpc) is 3.33. The van der Waals surface area contributed by atoms with E-state index < -0.39 is 0 Å². The van der Waals surface area contributed by atoms with E-state index >= 15 is 0 Å². The van der Waals surface area contributed by atoms with Crippen molar-refractivity contribution in [3.63, 3.8) is 0 Å². The van der Waals surface area contributed by atoms with Gasteiger partial charge in [-0.2, -0.15) is 0 Å². The normalized spacial score (nSPS) is 17.5. The largest absolute Gasteiger partial charge is 0.378 e. The van der Waals surface area contributed by atoms with Crippen molar-refractivity contribution in [2.24, 2.45) is 0 Å². The maximum Gasteiger partial charge on any atom is 0.193 e. The number of hydrogen-bond acceptors (Lipinski definition) is 4. The first-order chi connectivity index (χ1) is 15.6. The van der Waals surface area contributed by atoms with E-state index in [0.717, 1.165) is 52.6 Å². The summed E-state index contributed by atoms with van der Waals surface area (Å²) in [5, 5.41) is 3.52. The van der Waals surface area contributed by atoms with Gasteiger partial charge in [0, 0.05) is 50.1 Å². The standard InChI is InChI=1S/C28H27N3O/c1-30(2)23-15-13-20(14-16-23)24-19-25(21-9-5-3-6-10-21)31-18-17-29-28(31)26(24)27(32)22-11-7-4-8-12-22/h3-16,19,24,29H,17-18H2,1-2H3. The summed E-state index contributed by atoms with van der Waals surface area (Å²) >= 11 is 0. The van der Waals surface area contributed by atoms with Crippen LogP contribution in [-0.2, 0) is 0 Å². The third kappa shape index (κ3) is 3.58. The van der Waals surface area contributed by atoms with E-state index in [1.54, 1.807) is 0 Å². The van der Waals surface area contributed by atoms with E-state index in [4.69, 9.17) is 0 Å². The lowest BCUT2D eigenvalue weighted by atomic mass is 9.82. The number of rotatable bonds is 5. The quantitative estimate of drug-likeness (QED) is 0.595. The number of Topliss-reactive ketones (excluding diaryl/α,β-unsaturated/α-hetero) is 1. The number of benzene rings is 3. The molecule has 1 saturated heterocycles. The molecule has 0 bridgehead atoms. The van der Waals surface area contributed by atoms with Crippen LogP contribution in [0.1, 0.15) is 27.4 Å². The van der Waals surface area contributed by atoms with Crippen LogP contribution >= 0.6 is 0 Å². The molecule has 1 fully saturated rings. The van der Waals surface area contributed by atoms with Gasteiger partial charge in [-0.25, -0.2) is 0 Å². The van der Waals surface area contributed by atoms with Gasteiger partial charge in [0.1, 0.15) is 5.82 Å². The molecule has 0 aromatic heterocycles.